The van der Waals surface area contributed by atoms with Crippen molar-refractivity contribution in [2.24, 2.45) is 0 Å². The topological polar surface area (TPSA) is 60.4 Å². The van der Waals surface area contributed by atoms with Crippen molar-refractivity contribution in [3.8, 4) is 17.3 Å². The Hall–Kier alpha value is -1.76. The SMILES string of the molecule is Clc1cc(OCCN2CCOCC2)nc(-c2ccncc2)n1. The summed E-state index contributed by atoms with van der Waals surface area (Å²) in [6.07, 6.45) is 3.39. The molecule has 0 amide bonds. The first kappa shape index (κ1) is 15.1. The van der Waals surface area contributed by atoms with Crippen molar-refractivity contribution in [1.29, 1.82) is 0 Å². The first-order valence-corrected chi connectivity index (χ1v) is 7.57. The zero-order valence-electron chi connectivity index (χ0n) is 12.1. The van der Waals surface area contributed by atoms with Gasteiger partial charge in [-0.15, -0.1) is 0 Å². The smallest absolute Gasteiger partial charge is 0.218 e. The molecule has 0 aromatic carbocycles. The standard InChI is InChI=1S/C15H17ClN4O2/c16-13-11-14(22-10-7-20-5-8-21-9-6-20)19-15(18-13)12-1-3-17-4-2-12/h1-4,11H,5-10H2. The zero-order chi connectivity index (χ0) is 15.2. The van der Waals surface area contributed by atoms with Crippen LogP contribution in [-0.2, 0) is 4.74 Å². The van der Waals surface area contributed by atoms with E-state index >= 15 is 0 Å². The second kappa shape index (κ2) is 7.49. The average molecular weight is 321 g/mol. The van der Waals surface area contributed by atoms with Crippen LogP contribution in [0.5, 0.6) is 5.88 Å². The van der Waals surface area contributed by atoms with Crippen molar-refractivity contribution in [1.82, 2.24) is 19.9 Å². The number of nitrogens with zero attached hydrogens (tertiary/aromatic N) is 4. The number of rotatable bonds is 5. The molecule has 1 saturated heterocycles. The molecule has 6 nitrogen and oxygen atoms in total. The van der Waals surface area contributed by atoms with Gasteiger partial charge in [0.05, 0.1) is 13.2 Å². The molecule has 0 atom stereocenters. The van der Waals surface area contributed by atoms with Crippen LogP contribution in [0.3, 0.4) is 0 Å². The van der Waals surface area contributed by atoms with E-state index < -0.39 is 0 Å². The molecule has 1 aliphatic rings. The lowest BCUT2D eigenvalue weighted by Crippen LogP contribution is -2.38. The number of pyridine rings is 1. The van der Waals surface area contributed by atoms with Gasteiger partial charge in [-0.05, 0) is 12.1 Å². The van der Waals surface area contributed by atoms with E-state index in [-0.39, 0.29) is 0 Å². The van der Waals surface area contributed by atoms with E-state index in [9.17, 15) is 0 Å². The predicted molar refractivity (Wildman–Crippen MR) is 83.0 cm³/mol. The molecule has 2 aromatic heterocycles. The van der Waals surface area contributed by atoms with Gasteiger partial charge in [0.1, 0.15) is 11.8 Å². The molecule has 22 heavy (non-hydrogen) atoms. The van der Waals surface area contributed by atoms with E-state index in [2.05, 4.69) is 19.9 Å². The van der Waals surface area contributed by atoms with Crippen LogP contribution >= 0.6 is 11.6 Å². The number of hydrogen-bond donors (Lipinski definition) is 0. The molecule has 2 aromatic rings. The predicted octanol–water partition coefficient (Wildman–Crippen LogP) is 1.90. The number of halogens is 1. The van der Waals surface area contributed by atoms with Gasteiger partial charge < -0.3 is 9.47 Å². The van der Waals surface area contributed by atoms with Crippen LogP contribution < -0.4 is 4.74 Å². The third kappa shape index (κ3) is 4.13. The van der Waals surface area contributed by atoms with E-state index in [4.69, 9.17) is 21.1 Å². The van der Waals surface area contributed by atoms with Crippen molar-refractivity contribution in [2.45, 2.75) is 0 Å². The summed E-state index contributed by atoms with van der Waals surface area (Å²) in [5.41, 5.74) is 0.857. The maximum atomic E-state index is 6.05. The summed E-state index contributed by atoms with van der Waals surface area (Å²) in [7, 11) is 0. The second-order valence-corrected chi connectivity index (χ2v) is 5.28. The summed E-state index contributed by atoms with van der Waals surface area (Å²) in [6, 6.07) is 5.30. The summed E-state index contributed by atoms with van der Waals surface area (Å²) in [5, 5.41) is 0.364. The molecule has 1 aliphatic heterocycles. The van der Waals surface area contributed by atoms with Crippen molar-refractivity contribution in [3.63, 3.8) is 0 Å². The highest BCUT2D eigenvalue weighted by atomic mass is 35.5. The fourth-order valence-electron chi connectivity index (χ4n) is 2.21. The first-order chi connectivity index (χ1) is 10.8. The third-order valence-corrected chi connectivity index (χ3v) is 3.56. The van der Waals surface area contributed by atoms with Crippen molar-refractivity contribution in [3.05, 3.63) is 35.7 Å². The molecule has 0 radical (unpaired) electrons. The van der Waals surface area contributed by atoms with Gasteiger partial charge in [-0.1, -0.05) is 11.6 Å². The molecule has 0 spiro atoms. The van der Waals surface area contributed by atoms with Crippen molar-refractivity contribution >= 4 is 11.6 Å². The largest absolute Gasteiger partial charge is 0.476 e. The average Bonchev–Trinajstić information content (AvgIpc) is 2.56. The molecule has 0 bridgehead atoms. The molecule has 0 unspecified atom stereocenters. The second-order valence-electron chi connectivity index (χ2n) is 4.89. The molecule has 3 heterocycles. The molecule has 0 saturated carbocycles. The highest BCUT2D eigenvalue weighted by Gasteiger charge is 2.11. The van der Waals surface area contributed by atoms with Gasteiger partial charge in [0, 0.05) is 43.7 Å². The Bertz CT molecular complexity index is 606. The maximum Gasteiger partial charge on any atom is 0.218 e. The van der Waals surface area contributed by atoms with Gasteiger partial charge in [-0.2, -0.15) is 4.98 Å². The number of morpholine rings is 1. The van der Waals surface area contributed by atoms with Gasteiger partial charge in [0.15, 0.2) is 5.82 Å². The molecule has 3 rings (SSSR count). The van der Waals surface area contributed by atoms with Crippen molar-refractivity contribution in [2.75, 3.05) is 39.5 Å². The lowest BCUT2D eigenvalue weighted by atomic mass is 10.2. The van der Waals surface area contributed by atoms with Crippen LogP contribution in [0.2, 0.25) is 5.15 Å². The van der Waals surface area contributed by atoms with E-state index in [0.717, 1.165) is 38.4 Å². The van der Waals surface area contributed by atoms with Crippen LogP contribution in [0.15, 0.2) is 30.6 Å². The zero-order valence-corrected chi connectivity index (χ0v) is 12.9. The van der Waals surface area contributed by atoms with Gasteiger partial charge >= 0.3 is 0 Å². The molecular weight excluding hydrogens is 304 g/mol. The van der Waals surface area contributed by atoms with E-state index in [1.54, 1.807) is 18.5 Å². The van der Waals surface area contributed by atoms with Crippen LogP contribution in [-0.4, -0.2) is 59.3 Å². The van der Waals surface area contributed by atoms with Gasteiger partial charge in [0.2, 0.25) is 5.88 Å². The summed E-state index contributed by atoms with van der Waals surface area (Å²) in [4.78, 5) is 14.9. The summed E-state index contributed by atoms with van der Waals surface area (Å²) >= 11 is 6.05. The summed E-state index contributed by atoms with van der Waals surface area (Å²) in [5.74, 6) is 1.02. The lowest BCUT2D eigenvalue weighted by Gasteiger charge is -2.26. The fraction of sp³-hybridized carbons (Fsp3) is 0.400. The highest BCUT2D eigenvalue weighted by molar-refractivity contribution is 6.29. The summed E-state index contributed by atoms with van der Waals surface area (Å²) < 4.78 is 11.0. The Kier molecular flexibility index (Phi) is 5.15. The minimum atomic E-state index is 0.364. The Morgan fingerprint density at radius 1 is 1.18 bits per heavy atom. The number of ether oxygens (including phenoxy) is 2. The minimum Gasteiger partial charge on any atom is -0.476 e. The van der Waals surface area contributed by atoms with Crippen molar-refractivity contribution < 1.29 is 9.47 Å². The van der Waals surface area contributed by atoms with E-state index in [1.165, 1.54) is 0 Å². The Morgan fingerprint density at radius 2 is 1.95 bits per heavy atom. The molecule has 7 heteroatoms. The maximum absolute atomic E-state index is 6.05. The summed E-state index contributed by atoms with van der Waals surface area (Å²) in [6.45, 7) is 4.85. The minimum absolute atomic E-state index is 0.364. The number of aromatic nitrogens is 3. The van der Waals surface area contributed by atoms with Crippen LogP contribution in [0.25, 0.3) is 11.4 Å². The fourth-order valence-corrected chi connectivity index (χ4v) is 2.38. The molecule has 0 aliphatic carbocycles. The van der Waals surface area contributed by atoms with E-state index in [1.807, 2.05) is 12.1 Å². The monoisotopic (exact) mass is 320 g/mol. The Labute approximate surface area is 134 Å². The highest BCUT2D eigenvalue weighted by Crippen LogP contribution is 2.20. The lowest BCUT2D eigenvalue weighted by molar-refractivity contribution is 0.0320. The molecule has 1 fully saturated rings. The third-order valence-electron chi connectivity index (χ3n) is 3.37. The van der Waals surface area contributed by atoms with Gasteiger partial charge in [0.25, 0.3) is 0 Å². The number of hydrogen-bond acceptors (Lipinski definition) is 6. The van der Waals surface area contributed by atoms with E-state index in [0.29, 0.717) is 23.5 Å². The Morgan fingerprint density at radius 3 is 2.73 bits per heavy atom. The van der Waals surface area contributed by atoms with Gasteiger partial charge in [-0.25, -0.2) is 4.98 Å². The van der Waals surface area contributed by atoms with Crippen LogP contribution in [0.1, 0.15) is 0 Å². The van der Waals surface area contributed by atoms with Gasteiger partial charge in [-0.3, -0.25) is 9.88 Å². The first-order valence-electron chi connectivity index (χ1n) is 7.19. The Balaban J connectivity index is 1.62. The molecular formula is C15H17ClN4O2. The van der Waals surface area contributed by atoms with Crippen LogP contribution in [0.4, 0.5) is 0 Å². The molecule has 0 N–H and O–H groups in total. The normalized spacial score (nSPS) is 15.7. The molecule has 116 valence electrons. The van der Waals surface area contributed by atoms with Crippen LogP contribution in [0, 0.1) is 0 Å². The quantitative estimate of drug-likeness (QED) is 0.784.